The van der Waals surface area contributed by atoms with E-state index in [1.54, 1.807) is 30.3 Å². The summed E-state index contributed by atoms with van der Waals surface area (Å²) in [5.41, 5.74) is 7.82. The maximum Gasteiger partial charge on any atom is 0.251 e. The smallest absolute Gasteiger partial charge is 0.251 e. The first-order valence-corrected chi connectivity index (χ1v) is 10.2. The maximum atomic E-state index is 13.5. The lowest BCUT2D eigenvalue weighted by Crippen LogP contribution is -2.38. The van der Waals surface area contributed by atoms with Crippen LogP contribution < -0.4 is 16.4 Å². The summed E-state index contributed by atoms with van der Waals surface area (Å²) in [6.45, 7) is 2.12. The number of rotatable bonds is 6. The lowest BCUT2D eigenvalue weighted by atomic mass is 9.98. The van der Waals surface area contributed by atoms with Gasteiger partial charge in [-0.25, -0.2) is 4.39 Å². The van der Waals surface area contributed by atoms with Gasteiger partial charge in [-0.15, -0.1) is 0 Å². The topological polar surface area (TPSA) is 67.2 Å². The highest BCUT2D eigenvalue weighted by Crippen LogP contribution is 2.60. The molecule has 148 valence electrons. The van der Waals surface area contributed by atoms with E-state index in [9.17, 15) is 9.18 Å². The van der Waals surface area contributed by atoms with Gasteiger partial charge >= 0.3 is 0 Å². The number of nitrogens with one attached hydrogen (secondary N) is 2. The normalized spacial score (nSPS) is 26.4. The molecule has 2 aliphatic rings. The molecule has 3 unspecified atom stereocenters. The number of anilines is 2. The zero-order valence-corrected chi connectivity index (χ0v) is 16.5. The van der Waals surface area contributed by atoms with Crippen LogP contribution >= 0.6 is 11.6 Å². The Bertz CT molecular complexity index is 861. The fraction of sp³-hybridized carbons (Fsp3) is 0.409. The number of carbonyl (C=O) groups excluding carboxylic acids is 1. The van der Waals surface area contributed by atoms with Gasteiger partial charge in [0.05, 0.1) is 11.4 Å². The summed E-state index contributed by atoms with van der Waals surface area (Å²) in [5, 5.41) is 7.22. The van der Waals surface area contributed by atoms with E-state index in [2.05, 4.69) is 17.6 Å². The van der Waals surface area contributed by atoms with Gasteiger partial charge in [0.2, 0.25) is 0 Å². The molecule has 0 aromatic heterocycles. The lowest BCUT2D eigenvalue weighted by molar-refractivity contribution is 0.0927. The SMILES string of the molecule is CCC(NC(=O)c1ccc(Cl)cc1)C1[C@H]2CC(Nc3cc(F)ccc3N)C[C@@H]12. The third-order valence-electron chi connectivity index (χ3n) is 6.21. The molecule has 1 amide bonds. The summed E-state index contributed by atoms with van der Waals surface area (Å²) < 4.78 is 13.5. The molecule has 4 rings (SSSR count). The molecule has 2 aromatic rings. The van der Waals surface area contributed by atoms with Crippen molar-refractivity contribution in [2.24, 2.45) is 17.8 Å². The molecule has 28 heavy (non-hydrogen) atoms. The van der Waals surface area contributed by atoms with Crippen LogP contribution in [-0.2, 0) is 0 Å². The van der Waals surface area contributed by atoms with Gasteiger partial charge in [-0.1, -0.05) is 18.5 Å². The number of hydrogen-bond donors (Lipinski definition) is 3. The van der Waals surface area contributed by atoms with Gasteiger partial charge in [0, 0.05) is 22.7 Å². The second-order valence-electron chi connectivity index (χ2n) is 7.94. The Kier molecular flexibility index (Phi) is 5.19. The Labute approximate surface area is 169 Å². The minimum absolute atomic E-state index is 0.0456. The zero-order valence-electron chi connectivity index (χ0n) is 15.8. The average molecular weight is 402 g/mol. The monoisotopic (exact) mass is 401 g/mol. The van der Waals surface area contributed by atoms with E-state index < -0.39 is 0 Å². The van der Waals surface area contributed by atoms with E-state index >= 15 is 0 Å². The molecular formula is C22H25ClFN3O. The second kappa shape index (κ2) is 7.63. The summed E-state index contributed by atoms with van der Waals surface area (Å²) >= 11 is 5.90. The molecular weight excluding hydrogens is 377 g/mol. The van der Waals surface area contributed by atoms with Crippen molar-refractivity contribution in [1.82, 2.24) is 5.32 Å². The van der Waals surface area contributed by atoms with Crippen LogP contribution in [0, 0.1) is 23.6 Å². The van der Waals surface area contributed by atoms with Crippen LogP contribution in [-0.4, -0.2) is 18.0 Å². The summed E-state index contributed by atoms with van der Waals surface area (Å²) in [7, 11) is 0. The van der Waals surface area contributed by atoms with Gasteiger partial charge in [-0.3, -0.25) is 4.79 Å². The van der Waals surface area contributed by atoms with Gasteiger partial charge in [0.1, 0.15) is 5.82 Å². The summed E-state index contributed by atoms with van der Waals surface area (Å²) in [5.74, 6) is 1.39. The molecule has 2 aliphatic carbocycles. The average Bonchev–Trinajstić information content (AvgIpc) is 3.17. The van der Waals surface area contributed by atoms with E-state index in [0.29, 0.717) is 45.8 Å². The summed E-state index contributed by atoms with van der Waals surface area (Å²) in [6.07, 6.45) is 2.96. The minimum atomic E-state index is -0.284. The van der Waals surface area contributed by atoms with E-state index in [4.69, 9.17) is 17.3 Å². The maximum absolute atomic E-state index is 13.5. The van der Waals surface area contributed by atoms with Crippen LogP contribution in [0.25, 0.3) is 0 Å². The number of hydrogen-bond acceptors (Lipinski definition) is 3. The fourth-order valence-electron chi connectivity index (χ4n) is 4.80. The number of fused-ring (bicyclic) bond motifs is 1. The van der Waals surface area contributed by atoms with Gasteiger partial charge in [-0.05, 0) is 79.5 Å². The van der Waals surface area contributed by atoms with Crippen LogP contribution in [0.5, 0.6) is 0 Å². The van der Waals surface area contributed by atoms with E-state index in [-0.39, 0.29) is 17.8 Å². The van der Waals surface area contributed by atoms with Crippen molar-refractivity contribution in [2.75, 3.05) is 11.1 Å². The van der Waals surface area contributed by atoms with E-state index in [0.717, 1.165) is 19.3 Å². The minimum Gasteiger partial charge on any atom is -0.397 e. The van der Waals surface area contributed by atoms with Crippen molar-refractivity contribution in [2.45, 2.75) is 38.3 Å². The molecule has 0 saturated heterocycles. The Morgan fingerprint density at radius 2 is 1.89 bits per heavy atom. The van der Waals surface area contributed by atoms with Crippen molar-refractivity contribution in [1.29, 1.82) is 0 Å². The van der Waals surface area contributed by atoms with Gasteiger partial charge < -0.3 is 16.4 Å². The first kappa shape index (κ1) is 19.1. The summed E-state index contributed by atoms with van der Waals surface area (Å²) in [4.78, 5) is 12.5. The molecule has 0 heterocycles. The molecule has 0 bridgehead atoms. The predicted molar refractivity (Wildman–Crippen MR) is 111 cm³/mol. The molecule has 5 atom stereocenters. The van der Waals surface area contributed by atoms with Gasteiger partial charge in [-0.2, -0.15) is 0 Å². The number of nitrogens with two attached hydrogens (primary N) is 1. The Balaban J connectivity index is 1.33. The highest BCUT2D eigenvalue weighted by atomic mass is 35.5. The van der Waals surface area contributed by atoms with Crippen molar-refractivity contribution in [3.63, 3.8) is 0 Å². The van der Waals surface area contributed by atoms with Gasteiger partial charge in [0.15, 0.2) is 0 Å². The van der Waals surface area contributed by atoms with Gasteiger partial charge in [0.25, 0.3) is 5.91 Å². The highest BCUT2D eigenvalue weighted by Gasteiger charge is 2.58. The molecule has 0 spiro atoms. The Morgan fingerprint density at radius 3 is 2.54 bits per heavy atom. The molecule has 2 aromatic carbocycles. The van der Waals surface area contributed by atoms with Crippen molar-refractivity contribution in [3.05, 3.63) is 58.9 Å². The van der Waals surface area contributed by atoms with Crippen LogP contribution in [0.4, 0.5) is 15.8 Å². The van der Waals surface area contributed by atoms with E-state index in [1.165, 1.54) is 12.1 Å². The largest absolute Gasteiger partial charge is 0.397 e. The number of halogens is 2. The van der Waals surface area contributed by atoms with Crippen LogP contribution in [0.15, 0.2) is 42.5 Å². The Hall–Kier alpha value is -2.27. The molecule has 6 heteroatoms. The number of amides is 1. The van der Waals surface area contributed by atoms with Crippen LogP contribution in [0.1, 0.15) is 36.5 Å². The first-order valence-electron chi connectivity index (χ1n) is 9.84. The molecule has 0 radical (unpaired) electrons. The molecule has 4 N–H and O–H groups in total. The van der Waals surface area contributed by atoms with Crippen molar-refractivity contribution in [3.8, 4) is 0 Å². The quantitative estimate of drug-likeness (QED) is 0.614. The summed E-state index contributed by atoms with van der Waals surface area (Å²) in [6, 6.07) is 11.9. The molecule has 2 fully saturated rings. The number of nitrogen functional groups attached to an aromatic ring is 1. The third kappa shape index (κ3) is 3.81. The zero-order chi connectivity index (χ0) is 19.8. The van der Waals surface area contributed by atoms with E-state index in [1.807, 2.05) is 0 Å². The molecule has 0 aliphatic heterocycles. The van der Waals surface area contributed by atoms with Crippen molar-refractivity contribution >= 4 is 28.9 Å². The third-order valence-corrected chi connectivity index (χ3v) is 6.47. The lowest BCUT2D eigenvalue weighted by Gasteiger charge is -2.23. The predicted octanol–water partition coefficient (Wildman–Crippen LogP) is 4.71. The van der Waals surface area contributed by atoms with Crippen LogP contribution in [0.2, 0.25) is 5.02 Å². The molecule has 2 saturated carbocycles. The van der Waals surface area contributed by atoms with Crippen molar-refractivity contribution < 1.29 is 9.18 Å². The second-order valence-corrected chi connectivity index (χ2v) is 8.38. The Morgan fingerprint density at radius 1 is 1.21 bits per heavy atom. The standard InChI is InChI=1S/C22H25ClFN3O/c1-2-19(27-22(28)12-3-5-13(23)6-4-12)21-16-10-15(11-17(16)21)26-20-9-14(24)7-8-18(20)25/h3-9,15-17,19,21,26H,2,10-11,25H2,1H3,(H,27,28)/t15?,16-,17+,19?,21?. The first-order chi connectivity index (χ1) is 13.5. The highest BCUT2D eigenvalue weighted by molar-refractivity contribution is 6.30. The molecule has 4 nitrogen and oxygen atoms in total. The number of carbonyl (C=O) groups is 1. The fourth-order valence-corrected chi connectivity index (χ4v) is 4.93. The number of benzene rings is 2. The van der Waals surface area contributed by atoms with Crippen LogP contribution in [0.3, 0.4) is 0 Å².